The average molecular weight is 256 g/mol. The molecular formula is C14H28N2O2. The van der Waals surface area contributed by atoms with E-state index in [0.29, 0.717) is 6.54 Å². The molecule has 0 aromatic rings. The van der Waals surface area contributed by atoms with Crippen molar-refractivity contribution < 1.29 is 9.53 Å². The molecule has 0 aromatic heterocycles. The summed E-state index contributed by atoms with van der Waals surface area (Å²) in [6.45, 7) is 6.19. The second-order valence-corrected chi connectivity index (χ2v) is 6.38. The maximum atomic E-state index is 12.2. The number of likely N-dealkylation sites (N-methyl/N-ethyl adjacent to an activating group) is 1. The third-order valence-corrected chi connectivity index (χ3v) is 3.79. The maximum absolute atomic E-state index is 12.2. The Labute approximate surface area is 111 Å². The van der Waals surface area contributed by atoms with Gasteiger partial charge in [-0.3, -0.25) is 0 Å². The van der Waals surface area contributed by atoms with Gasteiger partial charge in [0.1, 0.15) is 5.60 Å². The molecule has 4 heteroatoms. The molecule has 0 bridgehead atoms. The number of hydrogen-bond acceptors (Lipinski definition) is 3. The average Bonchev–Trinajstić information content (AvgIpc) is 2.51. The van der Waals surface area contributed by atoms with Gasteiger partial charge in [-0.05, 0) is 33.6 Å². The molecule has 0 heterocycles. The lowest BCUT2D eigenvalue weighted by molar-refractivity contribution is 0.00308. The topological polar surface area (TPSA) is 55.6 Å². The van der Waals surface area contributed by atoms with Crippen LogP contribution in [0, 0.1) is 0 Å². The number of amides is 1. The molecule has 0 atom stereocenters. The number of ether oxygens (including phenoxy) is 1. The minimum Gasteiger partial charge on any atom is -0.444 e. The highest BCUT2D eigenvalue weighted by Crippen LogP contribution is 2.31. The first-order chi connectivity index (χ1) is 8.31. The second kappa shape index (κ2) is 5.91. The molecule has 1 rings (SSSR count). The first-order valence-corrected chi connectivity index (χ1v) is 6.98. The van der Waals surface area contributed by atoms with Gasteiger partial charge in [0.25, 0.3) is 0 Å². The van der Waals surface area contributed by atoms with E-state index in [1.807, 2.05) is 27.8 Å². The number of nitrogens with two attached hydrogens (primary N) is 1. The lowest BCUT2D eigenvalue weighted by Crippen LogP contribution is -2.55. The van der Waals surface area contributed by atoms with Crippen LogP contribution in [0.1, 0.15) is 59.3 Å². The van der Waals surface area contributed by atoms with E-state index in [4.69, 9.17) is 10.5 Å². The fourth-order valence-corrected chi connectivity index (χ4v) is 2.59. The summed E-state index contributed by atoms with van der Waals surface area (Å²) in [6.07, 6.45) is 6.48. The van der Waals surface area contributed by atoms with Crippen LogP contribution in [-0.4, -0.2) is 35.7 Å². The van der Waals surface area contributed by atoms with Crippen LogP contribution in [0.2, 0.25) is 0 Å². The molecule has 0 radical (unpaired) electrons. The summed E-state index contributed by atoms with van der Waals surface area (Å²) in [6, 6.07) is 0. The number of hydrogen-bond donors (Lipinski definition) is 1. The van der Waals surface area contributed by atoms with E-state index < -0.39 is 5.60 Å². The number of carbonyl (C=O) groups excluding carboxylic acids is 1. The van der Waals surface area contributed by atoms with Gasteiger partial charge in [-0.1, -0.05) is 25.7 Å². The molecular weight excluding hydrogens is 228 g/mol. The van der Waals surface area contributed by atoms with Crippen molar-refractivity contribution in [1.82, 2.24) is 4.90 Å². The van der Waals surface area contributed by atoms with Crippen LogP contribution in [-0.2, 0) is 4.74 Å². The van der Waals surface area contributed by atoms with Crippen molar-refractivity contribution in [2.75, 3.05) is 13.6 Å². The number of carbonyl (C=O) groups is 1. The minimum atomic E-state index is -0.453. The number of nitrogens with zero attached hydrogens (tertiary/aromatic N) is 1. The summed E-state index contributed by atoms with van der Waals surface area (Å²) in [5.74, 6) is 0. The summed E-state index contributed by atoms with van der Waals surface area (Å²) in [7, 11) is 1.83. The van der Waals surface area contributed by atoms with E-state index in [0.717, 1.165) is 25.7 Å². The maximum Gasteiger partial charge on any atom is 0.410 e. The smallest absolute Gasteiger partial charge is 0.410 e. The van der Waals surface area contributed by atoms with E-state index in [1.165, 1.54) is 12.8 Å². The molecule has 1 fully saturated rings. The Morgan fingerprint density at radius 3 is 2.11 bits per heavy atom. The van der Waals surface area contributed by atoms with E-state index in [-0.39, 0.29) is 11.6 Å². The predicted molar refractivity (Wildman–Crippen MR) is 73.5 cm³/mol. The fraction of sp³-hybridized carbons (Fsp3) is 0.929. The fourth-order valence-electron chi connectivity index (χ4n) is 2.59. The highest BCUT2D eigenvalue weighted by Gasteiger charge is 2.38. The molecule has 18 heavy (non-hydrogen) atoms. The van der Waals surface area contributed by atoms with Crippen molar-refractivity contribution in [2.45, 2.75) is 70.4 Å². The van der Waals surface area contributed by atoms with E-state index in [2.05, 4.69) is 0 Å². The molecule has 106 valence electrons. The molecule has 2 N–H and O–H groups in total. The van der Waals surface area contributed by atoms with E-state index in [9.17, 15) is 4.79 Å². The number of rotatable bonds is 2. The lowest BCUT2D eigenvalue weighted by Gasteiger charge is -2.41. The van der Waals surface area contributed by atoms with Crippen LogP contribution >= 0.6 is 0 Å². The summed E-state index contributed by atoms with van der Waals surface area (Å²) in [5, 5.41) is 0. The Kier molecular flexibility index (Phi) is 5.02. The Morgan fingerprint density at radius 2 is 1.72 bits per heavy atom. The Morgan fingerprint density at radius 1 is 1.22 bits per heavy atom. The van der Waals surface area contributed by atoms with Crippen molar-refractivity contribution in [1.29, 1.82) is 0 Å². The molecule has 0 unspecified atom stereocenters. The Hall–Kier alpha value is -0.770. The highest BCUT2D eigenvalue weighted by atomic mass is 16.6. The van der Waals surface area contributed by atoms with Crippen LogP contribution in [0.15, 0.2) is 0 Å². The summed E-state index contributed by atoms with van der Waals surface area (Å²) < 4.78 is 5.45. The molecule has 1 saturated carbocycles. The Bertz CT molecular complexity index is 276. The van der Waals surface area contributed by atoms with Crippen LogP contribution in [0.3, 0.4) is 0 Å². The van der Waals surface area contributed by atoms with Crippen LogP contribution in [0.4, 0.5) is 4.79 Å². The predicted octanol–water partition coefficient (Wildman–Crippen LogP) is 2.91. The summed E-state index contributed by atoms with van der Waals surface area (Å²) in [5.41, 5.74) is 5.30. The monoisotopic (exact) mass is 256 g/mol. The molecule has 1 amide bonds. The first kappa shape index (κ1) is 15.3. The summed E-state index contributed by atoms with van der Waals surface area (Å²) >= 11 is 0. The molecule has 1 aliphatic rings. The van der Waals surface area contributed by atoms with E-state index in [1.54, 1.807) is 4.90 Å². The van der Waals surface area contributed by atoms with Gasteiger partial charge in [-0.2, -0.15) is 0 Å². The van der Waals surface area contributed by atoms with Gasteiger partial charge in [-0.25, -0.2) is 4.79 Å². The van der Waals surface area contributed by atoms with Gasteiger partial charge in [0, 0.05) is 13.6 Å². The van der Waals surface area contributed by atoms with Crippen molar-refractivity contribution in [3.8, 4) is 0 Å². The zero-order valence-corrected chi connectivity index (χ0v) is 12.3. The van der Waals surface area contributed by atoms with Crippen LogP contribution < -0.4 is 5.73 Å². The van der Waals surface area contributed by atoms with Crippen LogP contribution in [0.25, 0.3) is 0 Å². The molecule has 0 aromatic carbocycles. The van der Waals surface area contributed by atoms with E-state index >= 15 is 0 Å². The third kappa shape index (κ3) is 3.87. The van der Waals surface area contributed by atoms with Gasteiger partial charge in [0.15, 0.2) is 0 Å². The molecule has 4 nitrogen and oxygen atoms in total. The van der Waals surface area contributed by atoms with Gasteiger partial charge in [0.05, 0.1) is 5.54 Å². The quantitative estimate of drug-likeness (QED) is 0.773. The Balaban J connectivity index is 2.76. The van der Waals surface area contributed by atoms with Crippen molar-refractivity contribution in [3.05, 3.63) is 0 Å². The highest BCUT2D eigenvalue weighted by molar-refractivity contribution is 5.69. The molecule has 0 aliphatic heterocycles. The molecule has 1 aliphatic carbocycles. The molecule has 0 saturated heterocycles. The van der Waals surface area contributed by atoms with Gasteiger partial charge >= 0.3 is 6.09 Å². The van der Waals surface area contributed by atoms with Crippen molar-refractivity contribution in [3.63, 3.8) is 0 Å². The zero-order chi connectivity index (χ0) is 13.8. The van der Waals surface area contributed by atoms with Crippen molar-refractivity contribution in [2.24, 2.45) is 5.73 Å². The van der Waals surface area contributed by atoms with Gasteiger partial charge in [-0.15, -0.1) is 0 Å². The second-order valence-electron chi connectivity index (χ2n) is 6.38. The van der Waals surface area contributed by atoms with Crippen LogP contribution in [0.5, 0.6) is 0 Å². The standard InChI is InChI=1S/C14H28N2O2/c1-13(2,3)18-12(17)16(4)14(11-15)9-7-5-6-8-10-14/h5-11,15H2,1-4H3. The largest absolute Gasteiger partial charge is 0.444 e. The third-order valence-electron chi connectivity index (χ3n) is 3.79. The summed E-state index contributed by atoms with van der Waals surface area (Å²) in [4.78, 5) is 13.9. The van der Waals surface area contributed by atoms with Gasteiger partial charge < -0.3 is 15.4 Å². The SMILES string of the molecule is CN(C(=O)OC(C)(C)C)C1(CN)CCCCCC1. The normalized spacial score (nSPS) is 20.1. The first-order valence-electron chi connectivity index (χ1n) is 6.98. The lowest BCUT2D eigenvalue weighted by atomic mass is 9.89. The zero-order valence-electron chi connectivity index (χ0n) is 12.3. The minimum absolute atomic E-state index is 0.209. The van der Waals surface area contributed by atoms with Crippen molar-refractivity contribution >= 4 is 6.09 Å². The van der Waals surface area contributed by atoms with Gasteiger partial charge in [0.2, 0.25) is 0 Å². The molecule has 0 spiro atoms.